The third-order valence-electron chi connectivity index (χ3n) is 5.56. The van der Waals surface area contributed by atoms with E-state index < -0.39 is 0 Å². The van der Waals surface area contributed by atoms with E-state index in [-0.39, 0.29) is 5.91 Å². The zero-order valence-electron chi connectivity index (χ0n) is 22.0. The molecule has 2 N–H and O–H groups in total. The van der Waals surface area contributed by atoms with E-state index in [1.54, 1.807) is 43.3 Å². The lowest BCUT2D eigenvalue weighted by Crippen LogP contribution is -2.22. The number of para-hydroxylation sites is 1. The normalized spacial score (nSPS) is 13.6. The Hall–Kier alpha value is -2.49. The summed E-state index contributed by atoms with van der Waals surface area (Å²) in [6.45, 7) is 10.2. The second kappa shape index (κ2) is 18.0. The number of carbonyl (C=O) groups excluding carboxylic acids is 1. The summed E-state index contributed by atoms with van der Waals surface area (Å²) in [7, 11) is 3.54. The molecule has 0 unspecified atom stereocenters. The molecular weight excluding hydrogens is 410 g/mol. The van der Waals surface area contributed by atoms with E-state index in [0.29, 0.717) is 24.3 Å². The van der Waals surface area contributed by atoms with E-state index in [9.17, 15) is 9.90 Å². The average Bonchev–Trinajstić information content (AvgIpc) is 2.84. The third-order valence-corrected chi connectivity index (χ3v) is 5.56. The molecule has 0 aromatic heterocycles. The summed E-state index contributed by atoms with van der Waals surface area (Å²) in [6.07, 6.45) is 8.40. The standard InChI is InChI=1S/C19H29NO2.C6H6O.2C2H6/c1-4-5-6-14-7-8-15-12-16(9-10-19(22)20(2)3)18(21)13-17(15)11-14;7-6-4-2-1-3-5-6;2*1-2/h12-14,21H,4-11H2,1-3H3;1-5,7H;2*1-2H3/t14-;;;/m1.../s1. The van der Waals surface area contributed by atoms with Crippen molar-refractivity contribution < 1.29 is 15.0 Å². The van der Waals surface area contributed by atoms with E-state index in [2.05, 4.69) is 13.0 Å². The maximum atomic E-state index is 11.7. The van der Waals surface area contributed by atoms with Crippen LogP contribution in [0.2, 0.25) is 0 Å². The molecule has 0 aliphatic heterocycles. The molecule has 0 bridgehead atoms. The summed E-state index contributed by atoms with van der Waals surface area (Å²) in [5.41, 5.74) is 3.60. The Kier molecular flexibility index (Phi) is 16.6. The molecule has 0 saturated heterocycles. The van der Waals surface area contributed by atoms with Gasteiger partial charge in [0.2, 0.25) is 5.91 Å². The monoisotopic (exact) mass is 457 g/mol. The van der Waals surface area contributed by atoms with E-state index in [4.69, 9.17) is 5.11 Å². The maximum Gasteiger partial charge on any atom is 0.222 e. The molecule has 2 aromatic rings. The Morgan fingerprint density at radius 3 is 2.15 bits per heavy atom. The van der Waals surface area contributed by atoms with Crippen LogP contribution >= 0.6 is 0 Å². The summed E-state index contributed by atoms with van der Waals surface area (Å²) in [5.74, 6) is 1.56. The van der Waals surface area contributed by atoms with Gasteiger partial charge in [-0.1, -0.05) is 78.1 Å². The highest BCUT2D eigenvalue weighted by Gasteiger charge is 2.20. The fraction of sp³-hybridized carbons (Fsp3) is 0.552. The van der Waals surface area contributed by atoms with Crippen LogP contribution < -0.4 is 0 Å². The molecule has 1 aliphatic carbocycles. The fourth-order valence-electron chi connectivity index (χ4n) is 3.76. The lowest BCUT2D eigenvalue weighted by atomic mass is 9.80. The summed E-state index contributed by atoms with van der Waals surface area (Å²) >= 11 is 0. The minimum absolute atomic E-state index is 0.108. The molecule has 2 aromatic carbocycles. The Balaban J connectivity index is 0.000000776. The van der Waals surface area contributed by atoms with Gasteiger partial charge in [-0.3, -0.25) is 4.79 Å². The van der Waals surface area contributed by atoms with Crippen LogP contribution in [0.3, 0.4) is 0 Å². The number of rotatable bonds is 6. The van der Waals surface area contributed by atoms with Crippen molar-refractivity contribution in [2.45, 2.75) is 86.0 Å². The van der Waals surface area contributed by atoms with Crippen LogP contribution in [0.25, 0.3) is 0 Å². The number of phenols is 2. The molecule has 0 heterocycles. The van der Waals surface area contributed by atoms with Crippen molar-refractivity contribution in [3.05, 3.63) is 59.2 Å². The number of hydrogen-bond acceptors (Lipinski definition) is 3. The molecule has 3 rings (SSSR count). The van der Waals surface area contributed by atoms with Crippen LogP contribution in [0.5, 0.6) is 11.5 Å². The lowest BCUT2D eigenvalue weighted by molar-refractivity contribution is -0.128. The first-order valence-electron chi connectivity index (χ1n) is 12.7. The summed E-state index contributed by atoms with van der Waals surface area (Å²) < 4.78 is 0. The highest BCUT2D eigenvalue weighted by Crippen LogP contribution is 2.33. The molecule has 1 atom stereocenters. The number of unbranched alkanes of at least 4 members (excludes halogenated alkanes) is 1. The summed E-state index contributed by atoms with van der Waals surface area (Å²) in [4.78, 5) is 13.3. The van der Waals surface area contributed by atoms with Crippen LogP contribution in [-0.2, 0) is 24.1 Å². The van der Waals surface area contributed by atoms with Gasteiger partial charge in [0.25, 0.3) is 0 Å². The summed E-state index contributed by atoms with van der Waals surface area (Å²) in [6, 6.07) is 12.8. The van der Waals surface area contributed by atoms with Gasteiger partial charge in [0.15, 0.2) is 0 Å². The van der Waals surface area contributed by atoms with Gasteiger partial charge >= 0.3 is 0 Å². The molecule has 0 spiro atoms. The Bertz CT molecular complexity index is 772. The SMILES string of the molecule is CC.CC.CCCC[C@@H]1CCc2cc(CCC(=O)N(C)C)c(O)cc2C1.Oc1ccccc1. The average molecular weight is 458 g/mol. The largest absolute Gasteiger partial charge is 0.508 e. The predicted octanol–water partition coefficient (Wildman–Crippen LogP) is 7.15. The number of fused-ring (bicyclic) bond motifs is 1. The van der Waals surface area contributed by atoms with Crippen molar-refractivity contribution in [3.63, 3.8) is 0 Å². The maximum absolute atomic E-state index is 11.7. The fourth-order valence-corrected chi connectivity index (χ4v) is 3.76. The van der Waals surface area contributed by atoms with Crippen LogP contribution in [0.1, 0.15) is 83.4 Å². The number of nitrogens with zero attached hydrogens (tertiary/aromatic N) is 1. The van der Waals surface area contributed by atoms with Crippen molar-refractivity contribution in [1.29, 1.82) is 0 Å². The number of carbonyl (C=O) groups is 1. The molecule has 186 valence electrons. The molecule has 33 heavy (non-hydrogen) atoms. The topological polar surface area (TPSA) is 60.8 Å². The van der Waals surface area contributed by atoms with E-state index >= 15 is 0 Å². The van der Waals surface area contributed by atoms with Gasteiger partial charge in [-0.25, -0.2) is 0 Å². The first-order valence-corrected chi connectivity index (χ1v) is 12.7. The molecule has 0 saturated carbocycles. The Morgan fingerprint density at radius 2 is 1.64 bits per heavy atom. The van der Waals surface area contributed by atoms with Crippen molar-refractivity contribution in [2.24, 2.45) is 5.92 Å². The predicted molar refractivity (Wildman–Crippen MR) is 141 cm³/mol. The third kappa shape index (κ3) is 11.8. The van der Waals surface area contributed by atoms with Gasteiger partial charge in [0, 0.05) is 20.5 Å². The minimum Gasteiger partial charge on any atom is -0.508 e. The molecule has 1 aliphatic rings. The lowest BCUT2D eigenvalue weighted by Gasteiger charge is -2.25. The van der Waals surface area contributed by atoms with Gasteiger partial charge in [0.1, 0.15) is 11.5 Å². The summed E-state index contributed by atoms with van der Waals surface area (Å²) in [5, 5.41) is 18.9. The highest BCUT2D eigenvalue weighted by molar-refractivity contribution is 5.75. The zero-order valence-corrected chi connectivity index (χ0v) is 22.0. The van der Waals surface area contributed by atoms with Crippen molar-refractivity contribution in [3.8, 4) is 11.5 Å². The molecule has 4 heteroatoms. The highest BCUT2D eigenvalue weighted by atomic mass is 16.3. The smallest absolute Gasteiger partial charge is 0.222 e. The van der Waals surface area contributed by atoms with E-state index in [0.717, 1.165) is 24.3 Å². The number of benzene rings is 2. The number of amides is 1. The number of aryl methyl sites for hydroxylation is 2. The molecule has 0 fully saturated rings. The quantitative estimate of drug-likeness (QED) is 0.484. The van der Waals surface area contributed by atoms with Crippen molar-refractivity contribution >= 4 is 5.91 Å². The second-order valence-electron chi connectivity index (χ2n) is 8.12. The van der Waals surface area contributed by atoms with Crippen molar-refractivity contribution in [2.75, 3.05) is 14.1 Å². The van der Waals surface area contributed by atoms with Gasteiger partial charge in [0.05, 0.1) is 0 Å². The van der Waals surface area contributed by atoms with Gasteiger partial charge < -0.3 is 15.1 Å². The van der Waals surface area contributed by atoms with E-state index in [1.807, 2.05) is 39.8 Å². The van der Waals surface area contributed by atoms with E-state index in [1.165, 1.54) is 36.8 Å². The Labute approximate surface area is 202 Å². The Morgan fingerprint density at radius 1 is 1.00 bits per heavy atom. The molecule has 4 nitrogen and oxygen atoms in total. The van der Waals surface area contributed by atoms with Crippen molar-refractivity contribution in [1.82, 2.24) is 4.90 Å². The second-order valence-corrected chi connectivity index (χ2v) is 8.12. The number of phenolic OH excluding ortho intramolecular Hbond substituents is 2. The van der Waals surface area contributed by atoms with Crippen LogP contribution in [0, 0.1) is 5.92 Å². The first-order chi connectivity index (χ1) is 15.9. The zero-order chi connectivity index (χ0) is 25.2. The van der Waals surface area contributed by atoms with Gasteiger partial charge in [-0.15, -0.1) is 0 Å². The van der Waals surface area contributed by atoms with Crippen LogP contribution in [0.15, 0.2) is 42.5 Å². The van der Waals surface area contributed by atoms with Gasteiger partial charge in [-0.05, 0) is 66.5 Å². The first kappa shape index (κ1) is 30.5. The van der Waals surface area contributed by atoms with Crippen LogP contribution in [0.4, 0.5) is 0 Å². The minimum atomic E-state index is 0.108. The van der Waals surface area contributed by atoms with Crippen LogP contribution in [-0.4, -0.2) is 35.1 Å². The molecule has 1 amide bonds. The molecular formula is C29H47NO3. The van der Waals surface area contributed by atoms with Gasteiger partial charge in [-0.2, -0.15) is 0 Å². The number of aromatic hydroxyl groups is 2. The number of hydrogen-bond donors (Lipinski definition) is 2. The molecule has 0 radical (unpaired) electrons.